The zero-order valence-electron chi connectivity index (χ0n) is 11.7. The molecule has 1 aliphatic rings. The van der Waals surface area contributed by atoms with E-state index in [0.29, 0.717) is 6.61 Å². The van der Waals surface area contributed by atoms with Crippen LogP contribution in [0.25, 0.3) is 0 Å². The maximum absolute atomic E-state index is 5.05. The van der Waals surface area contributed by atoms with Crippen molar-refractivity contribution in [1.29, 1.82) is 0 Å². The molecule has 1 aliphatic heterocycles. The molecule has 0 amide bonds. The molecule has 0 radical (unpaired) electrons. The van der Waals surface area contributed by atoms with E-state index in [9.17, 15) is 0 Å². The van der Waals surface area contributed by atoms with Crippen LogP contribution in [0, 0.1) is 0 Å². The zero-order chi connectivity index (χ0) is 13.8. The van der Waals surface area contributed by atoms with E-state index >= 15 is 0 Å². The van der Waals surface area contributed by atoms with Crippen molar-refractivity contribution in [3.05, 3.63) is 41.7 Å². The van der Waals surface area contributed by atoms with Crippen LogP contribution in [0.1, 0.15) is 11.1 Å². The number of nitrogens with one attached hydrogen (secondary N) is 2. The highest BCUT2D eigenvalue weighted by atomic mass is 16.5. The van der Waals surface area contributed by atoms with E-state index in [1.807, 2.05) is 17.1 Å². The largest absolute Gasteiger partial charge is 0.384 e. The van der Waals surface area contributed by atoms with E-state index in [1.165, 1.54) is 16.8 Å². The second-order valence-electron chi connectivity index (χ2n) is 4.97. The lowest BCUT2D eigenvalue weighted by Crippen LogP contribution is -2.04. The van der Waals surface area contributed by atoms with Crippen LogP contribution < -0.4 is 10.6 Å². The Morgan fingerprint density at radius 1 is 1.45 bits per heavy atom. The highest BCUT2D eigenvalue weighted by molar-refractivity contribution is 5.62. The molecular formula is C15H20N4O. The van der Waals surface area contributed by atoms with Crippen LogP contribution >= 0.6 is 0 Å². The summed E-state index contributed by atoms with van der Waals surface area (Å²) in [7, 11) is 1.70. The molecule has 1 aromatic carbocycles. The van der Waals surface area contributed by atoms with Crippen molar-refractivity contribution in [2.45, 2.75) is 19.5 Å². The van der Waals surface area contributed by atoms with Crippen molar-refractivity contribution in [2.75, 3.05) is 30.9 Å². The summed E-state index contributed by atoms with van der Waals surface area (Å²) in [5.74, 6) is 0. The first-order chi connectivity index (χ1) is 9.86. The first kappa shape index (κ1) is 13.0. The third kappa shape index (κ3) is 2.77. The van der Waals surface area contributed by atoms with Gasteiger partial charge in [0.1, 0.15) is 0 Å². The minimum absolute atomic E-state index is 0.678. The molecule has 0 spiro atoms. The maximum atomic E-state index is 5.05. The van der Waals surface area contributed by atoms with Gasteiger partial charge >= 0.3 is 0 Å². The Hall–Kier alpha value is -2.01. The van der Waals surface area contributed by atoms with Crippen LogP contribution in [0.3, 0.4) is 0 Å². The van der Waals surface area contributed by atoms with Crippen molar-refractivity contribution in [1.82, 2.24) is 9.78 Å². The molecule has 0 aliphatic carbocycles. The number of hydrogen-bond acceptors (Lipinski definition) is 4. The summed E-state index contributed by atoms with van der Waals surface area (Å²) in [6, 6.07) is 6.49. The summed E-state index contributed by atoms with van der Waals surface area (Å²) < 4.78 is 6.93. The lowest BCUT2D eigenvalue weighted by Gasteiger charge is -2.09. The molecule has 1 aromatic heterocycles. The van der Waals surface area contributed by atoms with Gasteiger partial charge in [-0.05, 0) is 17.5 Å². The molecular weight excluding hydrogens is 252 g/mol. The van der Waals surface area contributed by atoms with E-state index in [1.54, 1.807) is 7.11 Å². The second-order valence-corrected chi connectivity index (χ2v) is 4.97. The van der Waals surface area contributed by atoms with Gasteiger partial charge in [-0.1, -0.05) is 18.2 Å². The van der Waals surface area contributed by atoms with Gasteiger partial charge in [0.05, 0.1) is 25.0 Å². The van der Waals surface area contributed by atoms with Crippen LogP contribution in [0.4, 0.5) is 11.4 Å². The third-order valence-electron chi connectivity index (χ3n) is 3.57. The molecule has 20 heavy (non-hydrogen) atoms. The summed E-state index contributed by atoms with van der Waals surface area (Å²) >= 11 is 0. The van der Waals surface area contributed by atoms with Gasteiger partial charge in [0.2, 0.25) is 0 Å². The Bertz CT molecular complexity index is 579. The van der Waals surface area contributed by atoms with Gasteiger partial charge in [-0.15, -0.1) is 0 Å². The topological polar surface area (TPSA) is 51.1 Å². The molecule has 5 heteroatoms. The minimum atomic E-state index is 0.678. The van der Waals surface area contributed by atoms with Gasteiger partial charge in [0, 0.05) is 32.1 Å². The standard InChI is InChI=1S/C15H20N4O/c1-20-8-7-19-11-14(10-18-19)17-9-13-4-2-3-12-5-6-16-15(12)13/h2-4,10-11,16-17H,5-9H2,1H3. The molecule has 2 N–H and O–H groups in total. The maximum Gasteiger partial charge on any atom is 0.0729 e. The number of fused-ring (bicyclic) bond motifs is 1. The van der Waals surface area contributed by atoms with Crippen LogP contribution in [0.5, 0.6) is 0 Å². The van der Waals surface area contributed by atoms with Gasteiger partial charge < -0.3 is 15.4 Å². The number of hydrogen-bond donors (Lipinski definition) is 2. The predicted molar refractivity (Wildman–Crippen MR) is 80.1 cm³/mol. The first-order valence-corrected chi connectivity index (χ1v) is 6.97. The van der Waals surface area contributed by atoms with Gasteiger partial charge in [-0.2, -0.15) is 5.10 Å². The van der Waals surface area contributed by atoms with E-state index in [4.69, 9.17) is 4.74 Å². The SMILES string of the molecule is COCCn1cc(NCc2cccc3c2NCC3)cn1. The number of methoxy groups -OCH3 is 1. The van der Waals surface area contributed by atoms with Gasteiger partial charge in [0.15, 0.2) is 0 Å². The molecule has 0 fully saturated rings. The first-order valence-electron chi connectivity index (χ1n) is 6.97. The van der Waals surface area contributed by atoms with E-state index in [0.717, 1.165) is 31.7 Å². The van der Waals surface area contributed by atoms with Crippen molar-refractivity contribution in [2.24, 2.45) is 0 Å². The quantitative estimate of drug-likeness (QED) is 0.845. The Labute approximate surface area is 118 Å². The predicted octanol–water partition coefficient (Wildman–Crippen LogP) is 2.11. The molecule has 0 saturated heterocycles. The van der Waals surface area contributed by atoms with Crippen LogP contribution in [-0.2, 0) is 24.2 Å². The number of benzene rings is 1. The third-order valence-corrected chi connectivity index (χ3v) is 3.57. The number of aromatic nitrogens is 2. The number of para-hydroxylation sites is 1. The second kappa shape index (κ2) is 5.96. The molecule has 106 valence electrons. The summed E-state index contributed by atoms with van der Waals surface area (Å²) in [6.45, 7) is 3.31. The van der Waals surface area contributed by atoms with Crippen molar-refractivity contribution in [3.8, 4) is 0 Å². The summed E-state index contributed by atoms with van der Waals surface area (Å²) in [5.41, 5.74) is 5.06. The number of anilines is 2. The van der Waals surface area contributed by atoms with Crippen molar-refractivity contribution >= 4 is 11.4 Å². The van der Waals surface area contributed by atoms with Crippen LogP contribution in [0.2, 0.25) is 0 Å². The monoisotopic (exact) mass is 272 g/mol. The Morgan fingerprint density at radius 3 is 3.30 bits per heavy atom. The number of nitrogens with zero attached hydrogens (tertiary/aromatic N) is 2. The molecule has 3 rings (SSSR count). The van der Waals surface area contributed by atoms with Crippen molar-refractivity contribution < 1.29 is 4.74 Å². The van der Waals surface area contributed by atoms with E-state index in [-0.39, 0.29) is 0 Å². The highest BCUT2D eigenvalue weighted by Crippen LogP contribution is 2.26. The Kier molecular flexibility index (Phi) is 3.87. The molecule has 2 aromatic rings. The fraction of sp³-hybridized carbons (Fsp3) is 0.400. The lowest BCUT2D eigenvalue weighted by molar-refractivity contribution is 0.183. The fourth-order valence-electron chi connectivity index (χ4n) is 2.52. The van der Waals surface area contributed by atoms with Crippen molar-refractivity contribution in [3.63, 3.8) is 0 Å². The van der Waals surface area contributed by atoms with Crippen LogP contribution in [-0.4, -0.2) is 30.0 Å². The van der Waals surface area contributed by atoms with Gasteiger partial charge in [0.25, 0.3) is 0 Å². The molecule has 5 nitrogen and oxygen atoms in total. The summed E-state index contributed by atoms with van der Waals surface area (Å²) in [4.78, 5) is 0. The summed E-state index contributed by atoms with van der Waals surface area (Å²) in [5, 5.41) is 11.2. The number of ether oxygens (including phenoxy) is 1. The summed E-state index contributed by atoms with van der Waals surface area (Å²) in [6.07, 6.45) is 4.99. The fourth-order valence-corrected chi connectivity index (χ4v) is 2.52. The molecule has 0 atom stereocenters. The lowest BCUT2D eigenvalue weighted by atomic mass is 10.1. The Balaban J connectivity index is 1.62. The Morgan fingerprint density at radius 2 is 2.40 bits per heavy atom. The highest BCUT2D eigenvalue weighted by Gasteiger charge is 2.13. The van der Waals surface area contributed by atoms with Gasteiger partial charge in [-0.25, -0.2) is 0 Å². The zero-order valence-corrected chi connectivity index (χ0v) is 11.7. The van der Waals surface area contributed by atoms with Crippen LogP contribution in [0.15, 0.2) is 30.6 Å². The minimum Gasteiger partial charge on any atom is -0.384 e. The normalized spacial score (nSPS) is 13.1. The number of rotatable bonds is 6. The molecule has 2 heterocycles. The van der Waals surface area contributed by atoms with E-state index < -0.39 is 0 Å². The molecule has 0 saturated carbocycles. The molecule has 0 bridgehead atoms. The van der Waals surface area contributed by atoms with Gasteiger partial charge in [-0.3, -0.25) is 4.68 Å². The molecule has 0 unspecified atom stereocenters. The smallest absolute Gasteiger partial charge is 0.0729 e. The average molecular weight is 272 g/mol. The average Bonchev–Trinajstić information content (AvgIpc) is 3.11. The van der Waals surface area contributed by atoms with E-state index in [2.05, 4.69) is 33.9 Å².